The summed E-state index contributed by atoms with van der Waals surface area (Å²) in [6, 6.07) is 9.34. The lowest BCUT2D eigenvalue weighted by Gasteiger charge is -2.06. The Morgan fingerprint density at radius 3 is 2.23 bits per heavy atom. The van der Waals surface area contributed by atoms with Crippen LogP contribution in [0.2, 0.25) is 10.0 Å². The summed E-state index contributed by atoms with van der Waals surface area (Å²) < 4.78 is 1.98. The van der Waals surface area contributed by atoms with Crippen LogP contribution in [0.5, 0.6) is 0 Å². The van der Waals surface area contributed by atoms with Gasteiger partial charge in [-0.1, -0.05) is 94.0 Å². The Balaban J connectivity index is 1.65. The van der Waals surface area contributed by atoms with Gasteiger partial charge in [-0.3, -0.25) is 4.79 Å². The number of pyridine rings is 1. The summed E-state index contributed by atoms with van der Waals surface area (Å²) >= 11 is 12.1. The molecule has 3 nitrogen and oxygen atoms in total. The zero-order valence-corrected chi connectivity index (χ0v) is 19.6. The Morgan fingerprint density at radius 1 is 0.900 bits per heavy atom. The Labute approximate surface area is 191 Å². The van der Waals surface area contributed by atoms with E-state index in [9.17, 15) is 4.79 Å². The number of benzene rings is 1. The lowest BCUT2D eigenvalue weighted by Crippen LogP contribution is -2.36. The molecule has 0 aliphatic heterocycles. The standard InChI is InChI=1S/C25H34Cl2N2O/c1-2-3-4-5-6-7-8-9-10-11-16-28-25(30)22-13-12-17-29(20-22)19-21-14-15-23(26)24(27)18-21/h12-15,17-18,20H,2-11,16,19H2,1H3/p+1. The Hall–Kier alpha value is -1.58. The number of nitrogens with one attached hydrogen (secondary N) is 1. The zero-order chi connectivity index (χ0) is 21.6. The second-order valence-corrected chi connectivity index (χ2v) is 8.77. The molecule has 0 unspecified atom stereocenters. The smallest absolute Gasteiger partial charge is 0.257 e. The van der Waals surface area contributed by atoms with E-state index in [-0.39, 0.29) is 5.91 Å². The first-order valence-electron chi connectivity index (χ1n) is 11.3. The van der Waals surface area contributed by atoms with Gasteiger partial charge in [0.15, 0.2) is 18.9 Å². The minimum atomic E-state index is -0.0191. The fraction of sp³-hybridized carbons (Fsp3) is 0.520. The monoisotopic (exact) mass is 449 g/mol. The number of nitrogens with zero attached hydrogens (tertiary/aromatic N) is 1. The molecule has 1 amide bonds. The third kappa shape index (κ3) is 9.49. The van der Waals surface area contributed by atoms with Crippen LogP contribution in [-0.2, 0) is 6.54 Å². The first-order valence-corrected chi connectivity index (χ1v) is 12.1. The number of aromatic nitrogens is 1. The maximum atomic E-state index is 12.4. The molecule has 30 heavy (non-hydrogen) atoms. The van der Waals surface area contributed by atoms with Gasteiger partial charge in [0.2, 0.25) is 0 Å². The number of amides is 1. The van der Waals surface area contributed by atoms with Gasteiger partial charge in [-0.2, -0.15) is 4.57 Å². The maximum Gasteiger partial charge on any atom is 0.257 e. The van der Waals surface area contributed by atoms with Crippen LogP contribution < -0.4 is 9.88 Å². The Kier molecular flexibility index (Phi) is 11.9. The normalized spacial score (nSPS) is 10.9. The highest BCUT2D eigenvalue weighted by atomic mass is 35.5. The molecule has 5 heteroatoms. The Bertz CT molecular complexity index is 779. The van der Waals surface area contributed by atoms with Crippen molar-refractivity contribution in [2.24, 2.45) is 0 Å². The van der Waals surface area contributed by atoms with Gasteiger partial charge in [0.25, 0.3) is 5.91 Å². The summed E-state index contributed by atoms with van der Waals surface area (Å²) in [5.74, 6) is -0.0191. The molecule has 0 fully saturated rings. The average molecular weight is 450 g/mol. The van der Waals surface area contributed by atoms with E-state index in [0.717, 1.165) is 18.5 Å². The lowest BCUT2D eigenvalue weighted by atomic mass is 10.1. The fourth-order valence-corrected chi connectivity index (χ4v) is 3.84. The molecule has 2 aromatic rings. The van der Waals surface area contributed by atoms with E-state index in [0.29, 0.717) is 22.2 Å². The van der Waals surface area contributed by atoms with Gasteiger partial charge in [0.1, 0.15) is 5.56 Å². The molecule has 1 aromatic carbocycles. The molecule has 2 rings (SSSR count). The molecule has 0 radical (unpaired) electrons. The van der Waals surface area contributed by atoms with Crippen LogP contribution in [0.15, 0.2) is 42.7 Å². The predicted molar refractivity (Wildman–Crippen MR) is 126 cm³/mol. The van der Waals surface area contributed by atoms with Crippen molar-refractivity contribution in [3.8, 4) is 0 Å². The molecule has 0 bridgehead atoms. The van der Waals surface area contributed by atoms with Crippen molar-refractivity contribution in [3.05, 3.63) is 63.9 Å². The number of carbonyl (C=O) groups excluding carboxylic acids is 1. The number of hydrogen-bond acceptors (Lipinski definition) is 1. The van der Waals surface area contributed by atoms with E-state index in [1.54, 1.807) is 6.07 Å². The summed E-state index contributed by atoms with van der Waals surface area (Å²) in [4.78, 5) is 12.4. The summed E-state index contributed by atoms with van der Waals surface area (Å²) in [6.07, 6.45) is 16.8. The number of hydrogen-bond donors (Lipinski definition) is 1. The van der Waals surface area contributed by atoms with Gasteiger partial charge in [0.05, 0.1) is 10.0 Å². The number of carbonyl (C=O) groups is 1. The van der Waals surface area contributed by atoms with E-state index in [1.807, 2.05) is 41.2 Å². The largest absolute Gasteiger partial charge is 0.352 e. The summed E-state index contributed by atoms with van der Waals surface area (Å²) in [6.45, 7) is 3.62. The minimum Gasteiger partial charge on any atom is -0.352 e. The molecular formula is C25H35Cl2N2O+. The lowest BCUT2D eigenvalue weighted by molar-refractivity contribution is -0.688. The fourth-order valence-electron chi connectivity index (χ4n) is 3.52. The van der Waals surface area contributed by atoms with E-state index in [1.165, 1.54) is 57.8 Å². The van der Waals surface area contributed by atoms with Crippen LogP contribution in [0.25, 0.3) is 0 Å². The minimum absolute atomic E-state index is 0.0191. The van der Waals surface area contributed by atoms with Gasteiger partial charge >= 0.3 is 0 Å². The highest BCUT2D eigenvalue weighted by molar-refractivity contribution is 6.42. The molecule has 1 heterocycles. The van der Waals surface area contributed by atoms with Crippen molar-refractivity contribution < 1.29 is 9.36 Å². The predicted octanol–water partition coefficient (Wildman–Crippen LogP) is 6.98. The Morgan fingerprint density at radius 2 is 1.57 bits per heavy atom. The molecule has 0 atom stereocenters. The zero-order valence-electron chi connectivity index (χ0n) is 18.1. The van der Waals surface area contributed by atoms with Gasteiger partial charge in [-0.05, 0) is 24.6 Å². The van der Waals surface area contributed by atoms with Crippen molar-refractivity contribution in [1.29, 1.82) is 0 Å². The number of unbranched alkanes of at least 4 members (excludes halogenated alkanes) is 9. The molecule has 164 valence electrons. The first kappa shape index (κ1) is 24.7. The van der Waals surface area contributed by atoms with Crippen molar-refractivity contribution in [3.63, 3.8) is 0 Å². The topological polar surface area (TPSA) is 33.0 Å². The van der Waals surface area contributed by atoms with Crippen LogP contribution in [0.4, 0.5) is 0 Å². The van der Waals surface area contributed by atoms with Crippen molar-refractivity contribution in [2.75, 3.05) is 6.54 Å². The van der Waals surface area contributed by atoms with Crippen molar-refractivity contribution in [1.82, 2.24) is 5.32 Å². The van der Waals surface area contributed by atoms with Crippen LogP contribution in [0.3, 0.4) is 0 Å². The summed E-state index contributed by atoms with van der Waals surface area (Å²) in [5.41, 5.74) is 1.71. The molecule has 0 saturated carbocycles. The van der Waals surface area contributed by atoms with Crippen LogP contribution in [-0.4, -0.2) is 12.5 Å². The number of halogens is 2. The molecule has 1 aromatic heterocycles. The van der Waals surface area contributed by atoms with Gasteiger partial charge in [-0.25, -0.2) is 0 Å². The highest BCUT2D eigenvalue weighted by Gasteiger charge is 2.11. The van der Waals surface area contributed by atoms with Crippen LogP contribution in [0, 0.1) is 0 Å². The van der Waals surface area contributed by atoms with Gasteiger partial charge in [-0.15, -0.1) is 0 Å². The molecule has 0 aliphatic rings. The van der Waals surface area contributed by atoms with Gasteiger partial charge in [0, 0.05) is 18.2 Å². The molecule has 1 N–H and O–H groups in total. The van der Waals surface area contributed by atoms with Crippen molar-refractivity contribution >= 4 is 29.1 Å². The second-order valence-electron chi connectivity index (χ2n) is 7.95. The summed E-state index contributed by atoms with van der Waals surface area (Å²) in [7, 11) is 0. The van der Waals surface area contributed by atoms with Crippen LogP contribution >= 0.6 is 23.2 Å². The van der Waals surface area contributed by atoms with E-state index in [2.05, 4.69) is 12.2 Å². The number of rotatable bonds is 14. The second kappa shape index (κ2) is 14.4. The van der Waals surface area contributed by atoms with Crippen molar-refractivity contribution in [2.45, 2.75) is 77.7 Å². The molecule has 0 saturated heterocycles. The van der Waals surface area contributed by atoms with Gasteiger partial charge < -0.3 is 5.32 Å². The van der Waals surface area contributed by atoms with E-state index < -0.39 is 0 Å². The first-order chi connectivity index (χ1) is 14.6. The third-order valence-corrected chi connectivity index (χ3v) is 6.02. The molecular weight excluding hydrogens is 415 g/mol. The quantitative estimate of drug-likeness (QED) is 0.244. The highest BCUT2D eigenvalue weighted by Crippen LogP contribution is 2.22. The van der Waals surface area contributed by atoms with Crippen LogP contribution in [0.1, 0.15) is 87.1 Å². The van der Waals surface area contributed by atoms with E-state index >= 15 is 0 Å². The maximum absolute atomic E-state index is 12.4. The third-order valence-electron chi connectivity index (χ3n) is 5.29. The van der Waals surface area contributed by atoms with E-state index in [4.69, 9.17) is 23.2 Å². The molecule has 0 spiro atoms. The average Bonchev–Trinajstić information content (AvgIpc) is 2.74. The molecule has 0 aliphatic carbocycles. The SMILES string of the molecule is CCCCCCCCCCCCNC(=O)c1ccc[n+](Cc2ccc(Cl)c(Cl)c2)c1. The summed E-state index contributed by atoms with van der Waals surface area (Å²) in [5, 5.41) is 4.13.